The molecular formula is C8H15ClO3. The Balaban J connectivity index is 3.90. The molecule has 0 aliphatic heterocycles. The third-order valence-corrected chi connectivity index (χ3v) is 1.01. The fraction of sp³-hybridized carbons (Fsp3) is 0.875. The number of alkyl halides is 1. The molecule has 0 amide bonds. The van der Waals surface area contributed by atoms with Crippen LogP contribution in [0.4, 0.5) is 0 Å². The van der Waals surface area contributed by atoms with E-state index in [2.05, 4.69) is 4.89 Å². The molecule has 0 aromatic carbocycles. The molecule has 0 saturated heterocycles. The van der Waals surface area contributed by atoms with Gasteiger partial charge in [-0.3, -0.25) is 4.89 Å². The zero-order chi connectivity index (χ0) is 9.99. The van der Waals surface area contributed by atoms with Gasteiger partial charge in [-0.15, -0.1) is 11.6 Å². The first kappa shape index (κ1) is 11.7. The van der Waals surface area contributed by atoms with E-state index in [9.17, 15) is 4.79 Å². The number of hydrogen-bond donors (Lipinski definition) is 0. The highest BCUT2D eigenvalue weighted by molar-refractivity contribution is 6.33. The summed E-state index contributed by atoms with van der Waals surface area (Å²) in [5.74, 6) is -0.584. The molecule has 0 aliphatic carbocycles. The number of rotatable bonds is 2. The Bertz CT molecular complexity index is 164. The van der Waals surface area contributed by atoms with Crippen LogP contribution < -0.4 is 0 Å². The Labute approximate surface area is 77.9 Å². The lowest BCUT2D eigenvalue weighted by atomic mass is 10.2. The Morgan fingerprint density at radius 3 is 1.83 bits per heavy atom. The Hall–Kier alpha value is -0.280. The zero-order valence-corrected chi connectivity index (χ0v) is 8.86. The summed E-state index contributed by atoms with van der Waals surface area (Å²) in [6.07, 6.45) is 0. The van der Waals surface area contributed by atoms with E-state index in [-0.39, 0.29) is 0 Å². The molecule has 0 saturated carbocycles. The van der Waals surface area contributed by atoms with Crippen LogP contribution in [0.5, 0.6) is 0 Å². The standard InChI is InChI=1S/C8H15ClO3/c1-7(2,3)12-11-6(10)8(4,5)9/h1-5H3. The van der Waals surface area contributed by atoms with Crippen LogP contribution in [-0.2, 0) is 14.6 Å². The summed E-state index contributed by atoms with van der Waals surface area (Å²) in [7, 11) is 0. The number of hydrogen-bond acceptors (Lipinski definition) is 3. The summed E-state index contributed by atoms with van der Waals surface area (Å²) in [6, 6.07) is 0. The minimum Gasteiger partial charge on any atom is -0.296 e. The molecule has 3 nitrogen and oxygen atoms in total. The summed E-state index contributed by atoms with van der Waals surface area (Å²) >= 11 is 5.66. The average Bonchev–Trinajstić information content (AvgIpc) is 1.78. The Kier molecular flexibility index (Phi) is 3.54. The number of carbonyl (C=O) groups is 1. The molecule has 0 fully saturated rings. The van der Waals surface area contributed by atoms with Gasteiger partial charge in [-0.1, -0.05) is 0 Å². The van der Waals surface area contributed by atoms with E-state index in [0.29, 0.717) is 0 Å². The molecule has 0 aromatic rings. The van der Waals surface area contributed by atoms with Crippen molar-refractivity contribution in [1.29, 1.82) is 0 Å². The summed E-state index contributed by atoms with van der Waals surface area (Å²) in [5.41, 5.74) is -0.502. The Morgan fingerprint density at radius 2 is 1.58 bits per heavy atom. The highest BCUT2D eigenvalue weighted by Gasteiger charge is 2.28. The predicted molar refractivity (Wildman–Crippen MR) is 46.9 cm³/mol. The van der Waals surface area contributed by atoms with E-state index in [1.165, 1.54) is 0 Å². The van der Waals surface area contributed by atoms with Crippen molar-refractivity contribution < 1.29 is 14.6 Å². The van der Waals surface area contributed by atoms with Gasteiger partial charge < -0.3 is 0 Å². The minimum absolute atomic E-state index is 0.502. The van der Waals surface area contributed by atoms with Crippen molar-refractivity contribution in [3.8, 4) is 0 Å². The third kappa shape index (κ3) is 5.38. The SMILES string of the molecule is CC(C)(C)OOC(=O)C(C)(C)Cl. The first-order chi connectivity index (χ1) is 5.13. The molecule has 0 aromatic heterocycles. The van der Waals surface area contributed by atoms with Gasteiger partial charge in [-0.25, -0.2) is 4.79 Å². The van der Waals surface area contributed by atoms with E-state index in [0.717, 1.165) is 0 Å². The lowest BCUT2D eigenvalue weighted by Gasteiger charge is -2.19. The predicted octanol–water partition coefficient (Wildman–Crippen LogP) is 2.28. The van der Waals surface area contributed by atoms with Crippen LogP contribution in [0.3, 0.4) is 0 Å². The van der Waals surface area contributed by atoms with Gasteiger partial charge >= 0.3 is 5.97 Å². The first-order valence-electron chi connectivity index (χ1n) is 3.72. The quantitative estimate of drug-likeness (QED) is 0.384. The molecule has 0 unspecified atom stereocenters. The summed E-state index contributed by atoms with van der Waals surface area (Å²) in [5, 5.41) is 0. The molecule has 0 aliphatic rings. The molecule has 12 heavy (non-hydrogen) atoms. The maximum absolute atomic E-state index is 11.0. The molecule has 0 rings (SSSR count). The molecule has 72 valence electrons. The highest BCUT2D eigenvalue weighted by Crippen LogP contribution is 2.16. The number of halogens is 1. The van der Waals surface area contributed by atoms with E-state index in [1.807, 2.05) is 0 Å². The summed E-state index contributed by atoms with van der Waals surface area (Å²) < 4.78 is 0. The number of carbonyl (C=O) groups excluding carboxylic acids is 1. The van der Waals surface area contributed by atoms with Crippen LogP contribution in [-0.4, -0.2) is 16.4 Å². The van der Waals surface area contributed by atoms with Crippen LogP contribution in [0.1, 0.15) is 34.6 Å². The monoisotopic (exact) mass is 194 g/mol. The zero-order valence-electron chi connectivity index (χ0n) is 8.10. The second kappa shape index (κ2) is 3.62. The molecule has 0 bridgehead atoms. The van der Waals surface area contributed by atoms with Gasteiger partial charge in [0.05, 0.1) is 0 Å². The van der Waals surface area contributed by atoms with E-state index in [4.69, 9.17) is 16.5 Å². The van der Waals surface area contributed by atoms with E-state index >= 15 is 0 Å². The molecule has 0 spiro atoms. The van der Waals surface area contributed by atoms with E-state index in [1.54, 1.807) is 34.6 Å². The maximum Gasteiger partial charge on any atom is 0.362 e. The second-order valence-electron chi connectivity index (χ2n) is 4.04. The molecule has 0 atom stereocenters. The topological polar surface area (TPSA) is 35.5 Å². The molecule has 0 radical (unpaired) electrons. The highest BCUT2D eigenvalue weighted by atomic mass is 35.5. The maximum atomic E-state index is 11.0. The van der Waals surface area contributed by atoms with Gasteiger partial charge in [-0.05, 0) is 34.6 Å². The first-order valence-corrected chi connectivity index (χ1v) is 4.10. The van der Waals surface area contributed by atoms with Crippen molar-refractivity contribution in [2.45, 2.75) is 45.1 Å². The van der Waals surface area contributed by atoms with Crippen molar-refractivity contribution in [2.75, 3.05) is 0 Å². The molecule has 0 N–H and O–H groups in total. The Morgan fingerprint density at radius 1 is 1.17 bits per heavy atom. The van der Waals surface area contributed by atoms with Gasteiger partial charge in [0.2, 0.25) is 0 Å². The van der Waals surface area contributed by atoms with Crippen LogP contribution in [0.15, 0.2) is 0 Å². The lowest BCUT2D eigenvalue weighted by molar-refractivity contribution is -0.321. The lowest BCUT2D eigenvalue weighted by Crippen LogP contribution is -2.31. The van der Waals surface area contributed by atoms with Crippen molar-refractivity contribution in [3.05, 3.63) is 0 Å². The van der Waals surface area contributed by atoms with Gasteiger partial charge in [0.15, 0.2) is 0 Å². The van der Waals surface area contributed by atoms with E-state index < -0.39 is 16.4 Å². The van der Waals surface area contributed by atoms with Crippen LogP contribution in [0, 0.1) is 0 Å². The fourth-order valence-electron chi connectivity index (χ4n) is 0.262. The molecule has 0 heterocycles. The summed E-state index contributed by atoms with van der Waals surface area (Å²) in [6.45, 7) is 8.43. The van der Waals surface area contributed by atoms with Gasteiger partial charge in [0.25, 0.3) is 0 Å². The minimum atomic E-state index is -1.04. The summed E-state index contributed by atoms with van der Waals surface area (Å²) in [4.78, 5) is 19.3. The average molecular weight is 195 g/mol. The van der Waals surface area contributed by atoms with Crippen molar-refractivity contribution in [2.24, 2.45) is 0 Å². The largest absolute Gasteiger partial charge is 0.362 e. The van der Waals surface area contributed by atoms with Gasteiger partial charge in [-0.2, -0.15) is 4.89 Å². The normalized spacial score (nSPS) is 12.8. The van der Waals surface area contributed by atoms with Crippen LogP contribution >= 0.6 is 11.6 Å². The van der Waals surface area contributed by atoms with Gasteiger partial charge in [0, 0.05) is 0 Å². The van der Waals surface area contributed by atoms with Crippen molar-refractivity contribution >= 4 is 17.6 Å². The third-order valence-electron chi connectivity index (χ3n) is 0.853. The van der Waals surface area contributed by atoms with Crippen molar-refractivity contribution in [3.63, 3.8) is 0 Å². The van der Waals surface area contributed by atoms with Crippen LogP contribution in [0.2, 0.25) is 0 Å². The molecular weight excluding hydrogens is 180 g/mol. The smallest absolute Gasteiger partial charge is 0.296 e. The van der Waals surface area contributed by atoms with Crippen LogP contribution in [0.25, 0.3) is 0 Å². The molecule has 4 heteroatoms. The van der Waals surface area contributed by atoms with Gasteiger partial charge in [0.1, 0.15) is 10.5 Å². The second-order valence-corrected chi connectivity index (χ2v) is 4.98. The van der Waals surface area contributed by atoms with Crippen molar-refractivity contribution in [1.82, 2.24) is 0 Å². The fourth-order valence-corrected chi connectivity index (χ4v) is 0.293.